The first-order chi connectivity index (χ1) is 11.7. The number of benzene rings is 1. The highest BCUT2D eigenvalue weighted by Crippen LogP contribution is 2.37. The van der Waals surface area contributed by atoms with Crippen molar-refractivity contribution in [1.29, 1.82) is 0 Å². The molecule has 1 saturated heterocycles. The van der Waals surface area contributed by atoms with E-state index in [0.717, 1.165) is 24.6 Å². The number of anilines is 1. The molecular weight excluding hydrogens is 304 g/mol. The lowest BCUT2D eigenvalue weighted by molar-refractivity contribution is 0.0718. The number of nitrogens with zero attached hydrogens (tertiary/aromatic N) is 1. The van der Waals surface area contributed by atoms with E-state index in [-0.39, 0.29) is 12.2 Å². The summed E-state index contributed by atoms with van der Waals surface area (Å²) in [5, 5.41) is 0. The zero-order valence-electron chi connectivity index (χ0n) is 14.4. The van der Waals surface area contributed by atoms with Crippen molar-refractivity contribution in [3.63, 3.8) is 0 Å². The number of rotatable bonds is 6. The van der Waals surface area contributed by atoms with Crippen LogP contribution in [0.3, 0.4) is 0 Å². The summed E-state index contributed by atoms with van der Waals surface area (Å²) in [6.45, 7) is 1.79. The average molecular weight is 332 g/mol. The van der Waals surface area contributed by atoms with Gasteiger partial charge in [-0.25, -0.2) is 4.79 Å². The predicted octanol–water partition coefficient (Wildman–Crippen LogP) is 3.28. The van der Waals surface area contributed by atoms with Crippen molar-refractivity contribution in [2.75, 3.05) is 31.7 Å². The fourth-order valence-electron chi connectivity index (χ4n) is 3.95. The molecule has 1 aliphatic heterocycles. The topological polar surface area (TPSA) is 64.8 Å². The molecule has 2 N–H and O–H groups in total. The first-order valence-electron chi connectivity index (χ1n) is 8.98. The molecule has 1 amide bonds. The number of nitrogens with two attached hydrogens (primary N) is 1. The molecule has 0 bridgehead atoms. The number of methoxy groups -OCH3 is 1. The van der Waals surface area contributed by atoms with Crippen LogP contribution < -0.4 is 10.6 Å². The Labute approximate surface area is 144 Å². The lowest BCUT2D eigenvalue weighted by atomic mass is 9.77. The van der Waals surface area contributed by atoms with E-state index >= 15 is 0 Å². The second kappa shape index (κ2) is 7.99. The molecule has 1 saturated carbocycles. The van der Waals surface area contributed by atoms with Gasteiger partial charge in [0.05, 0.1) is 13.2 Å². The van der Waals surface area contributed by atoms with E-state index in [1.807, 2.05) is 12.1 Å². The minimum Gasteiger partial charge on any atom is -0.441 e. The Morgan fingerprint density at radius 1 is 1.21 bits per heavy atom. The highest BCUT2D eigenvalue weighted by molar-refractivity contribution is 5.89. The standard InChI is InChI=1S/C19H28N2O3/c1-23-13-18-12-21(19(22)24-18)17-8-6-16(7-9-17)15-4-2-14(3-5-15)10-11-20/h6-9,14-15,18H,2-5,10-13,20H2,1H3/t14?,15?,18-/m0/s1. The molecule has 1 aliphatic carbocycles. The Morgan fingerprint density at radius 2 is 1.92 bits per heavy atom. The summed E-state index contributed by atoms with van der Waals surface area (Å²) in [5.41, 5.74) is 7.95. The highest BCUT2D eigenvalue weighted by Gasteiger charge is 2.32. The number of carbonyl (C=O) groups is 1. The largest absolute Gasteiger partial charge is 0.441 e. The zero-order valence-corrected chi connectivity index (χ0v) is 14.4. The van der Waals surface area contributed by atoms with Crippen LogP contribution in [0.5, 0.6) is 0 Å². The summed E-state index contributed by atoms with van der Waals surface area (Å²) in [7, 11) is 1.62. The second-order valence-corrected chi connectivity index (χ2v) is 6.96. The maximum absolute atomic E-state index is 12.0. The van der Waals surface area contributed by atoms with Crippen LogP contribution in [0.4, 0.5) is 10.5 Å². The van der Waals surface area contributed by atoms with E-state index in [1.54, 1.807) is 12.0 Å². The van der Waals surface area contributed by atoms with Crippen molar-refractivity contribution in [3.05, 3.63) is 29.8 Å². The van der Waals surface area contributed by atoms with E-state index in [2.05, 4.69) is 12.1 Å². The Morgan fingerprint density at radius 3 is 2.54 bits per heavy atom. The Bertz CT molecular complexity index is 538. The minimum absolute atomic E-state index is 0.181. The summed E-state index contributed by atoms with van der Waals surface area (Å²) in [5.74, 6) is 1.45. The molecule has 0 aromatic heterocycles. The van der Waals surface area contributed by atoms with Crippen LogP contribution in [0.15, 0.2) is 24.3 Å². The third kappa shape index (κ3) is 3.90. The monoisotopic (exact) mass is 332 g/mol. The predicted molar refractivity (Wildman–Crippen MR) is 94.3 cm³/mol. The quantitative estimate of drug-likeness (QED) is 0.868. The number of amides is 1. The smallest absolute Gasteiger partial charge is 0.414 e. The number of cyclic esters (lactones) is 1. The van der Waals surface area contributed by atoms with Gasteiger partial charge in [0.15, 0.2) is 0 Å². The second-order valence-electron chi connectivity index (χ2n) is 6.96. The summed E-state index contributed by atoms with van der Waals surface area (Å²) >= 11 is 0. The molecule has 1 aromatic carbocycles. The molecule has 1 atom stereocenters. The van der Waals surface area contributed by atoms with Gasteiger partial charge in [-0.3, -0.25) is 4.90 Å². The van der Waals surface area contributed by atoms with Gasteiger partial charge in [0.1, 0.15) is 6.10 Å². The first-order valence-corrected chi connectivity index (χ1v) is 8.98. The Kier molecular flexibility index (Phi) is 5.74. The molecule has 0 spiro atoms. The van der Waals surface area contributed by atoms with Gasteiger partial charge in [0, 0.05) is 12.8 Å². The van der Waals surface area contributed by atoms with Gasteiger partial charge in [-0.05, 0) is 68.2 Å². The van der Waals surface area contributed by atoms with Gasteiger partial charge in [0.2, 0.25) is 0 Å². The van der Waals surface area contributed by atoms with Crippen molar-refractivity contribution >= 4 is 11.8 Å². The van der Waals surface area contributed by atoms with Crippen molar-refractivity contribution < 1.29 is 14.3 Å². The van der Waals surface area contributed by atoms with E-state index in [9.17, 15) is 4.79 Å². The van der Waals surface area contributed by atoms with Crippen LogP contribution in [-0.4, -0.2) is 39.0 Å². The summed E-state index contributed by atoms with van der Waals surface area (Å²) < 4.78 is 10.4. The molecule has 1 aromatic rings. The lowest BCUT2D eigenvalue weighted by Gasteiger charge is -2.28. The van der Waals surface area contributed by atoms with E-state index in [4.69, 9.17) is 15.2 Å². The maximum Gasteiger partial charge on any atom is 0.414 e. The molecule has 132 valence electrons. The number of carbonyl (C=O) groups excluding carboxylic acids is 1. The Balaban J connectivity index is 1.59. The van der Waals surface area contributed by atoms with Gasteiger partial charge in [-0.15, -0.1) is 0 Å². The molecule has 0 unspecified atom stereocenters. The number of hydrogen-bond donors (Lipinski definition) is 1. The van der Waals surface area contributed by atoms with Crippen LogP contribution >= 0.6 is 0 Å². The zero-order chi connectivity index (χ0) is 16.9. The average Bonchev–Trinajstić information content (AvgIpc) is 2.97. The SMILES string of the molecule is COC[C@@H]1CN(c2ccc(C3CCC(CCN)CC3)cc2)C(=O)O1. The van der Waals surface area contributed by atoms with Crippen molar-refractivity contribution in [3.8, 4) is 0 Å². The van der Waals surface area contributed by atoms with Gasteiger partial charge < -0.3 is 15.2 Å². The molecule has 2 aliphatic rings. The number of ether oxygens (including phenoxy) is 2. The first kappa shape index (κ1) is 17.2. The lowest BCUT2D eigenvalue weighted by Crippen LogP contribution is -2.25. The molecule has 2 fully saturated rings. The van der Waals surface area contributed by atoms with E-state index in [0.29, 0.717) is 19.1 Å². The molecule has 3 rings (SSSR count). The fourth-order valence-corrected chi connectivity index (χ4v) is 3.95. The van der Waals surface area contributed by atoms with Crippen molar-refractivity contribution in [2.24, 2.45) is 11.7 Å². The fraction of sp³-hybridized carbons (Fsp3) is 0.632. The third-order valence-corrected chi connectivity index (χ3v) is 5.32. The summed E-state index contributed by atoms with van der Waals surface area (Å²) in [4.78, 5) is 13.7. The Hall–Kier alpha value is -1.59. The van der Waals surface area contributed by atoms with Crippen LogP contribution in [-0.2, 0) is 9.47 Å². The van der Waals surface area contributed by atoms with Crippen molar-refractivity contribution in [2.45, 2.75) is 44.1 Å². The molecule has 1 heterocycles. The normalized spacial score (nSPS) is 27.3. The van der Waals surface area contributed by atoms with E-state index in [1.165, 1.54) is 31.2 Å². The van der Waals surface area contributed by atoms with Gasteiger partial charge >= 0.3 is 6.09 Å². The minimum atomic E-state index is -0.285. The highest BCUT2D eigenvalue weighted by atomic mass is 16.6. The van der Waals surface area contributed by atoms with Crippen molar-refractivity contribution in [1.82, 2.24) is 0 Å². The van der Waals surface area contributed by atoms with Crippen LogP contribution in [0.2, 0.25) is 0 Å². The molecule has 5 heteroatoms. The molecule has 5 nitrogen and oxygen atoms in total. The van der Waals surface area contributed by atoms with Crippen LogP contribution in [0.1, 0.15) is 43.6 Å². The number of hydrogen-bond acceptors (Lipinski definition) is 4. The van der Waals surface area contributed by atoms with Gasteiger partial charge in [0.25, 0.3) is 0 Å². The summed E-state index contributed by atoms with van der Waals surface area (Å²) in [6.07, 6.45) is 5.73. The molecule has 0 radical (unpaired) electrons. The van der Waals surface area contributed by atoms with Gasteiger partial charge in [-0.1, -0.05) is 12.1 Å². The van der Waals surface area contributed by atoms with E-state index < -0.39 is 0 Å². The molecule has 24 heavy (non-hydrogen) atoms. The third-order valence-electron chi connectivity index (χ3n) is 5.32. The van der Waals surface area contributed by atoms with Crippen LogP contribution in [0, 0.1) is 5.92 Å². The molecular formula is C19H28N2O3. The maximum atomic E-state index is 12.0. The summed E-state index contributed by atoms with van der Waals surface area (Å²) in [6, 6.07) is 8.41. The van der Waals surface area contributed by atoms with Crippen LogP contribution in [0.25, 0.3) is 0 Å². The van der Waals surface area contributed by atoms with Gasteiger partial charge in [-0.2, -0.15) is 0 Å².